The first kappa shape index (κ1) is 40.0. The summed E-state index contributed by atoms with van der Waals surface area (Å²) in [5.41, 5.74) is 2.74. The highest BCUT2D eigenvalue weighted by Gasteiger charge is 2.78. The minimum Gasteiger partial charge on any atom is -0.496 e. The van der Waals surface area contributed by atoms with Crippen molar-refractivity contribution in [2.45, 2.75) is 87.5 Å². The SMILES string of the molecule is C=CCOC[C@@]1(O)[C@H](OC(C)=O)[C@]2(CC)C=CCN3CC[C@@]4(c5cc([C@@]6(C(=O)OC)C[C@@H]7C=C(CC)CN(CCc8c6[nH]c6ccccc86)C7)c(OC)cc5N(C)[C@@H]14)[C@@H]32. The van der Waals surface area contributed by atoms with Crippen LogP contribution < -0.4 is 9.64 Å². The summed E-state index contributed by atoms with van der Waals surface area (Å²) in [7, 11) is 5.21. The summed E-state index contributed by atoms with van der Waals surface area (Å²) < 4.78 is 25.0. The number of hydrogen-bond donors (Lipinski definition) is 2. The van der Waals surface area contributed by atoms with Crippen molar-refractivity contribution in [3.63, 3.8) is 0 Å². The van der Waals surface area contributed by atoms with Crippen LogP contribution in [0, 0.1) is 11.3 Å². The summed E-state index contributed by atoms with van der Waals surface area (Å²) in [5.74, 6) is -0.139. The Morgan fingerprint density at radius 3 is 2.64 bits per heavy atom. The number of aromatic amines is 1. The van der Waals surface area contributed by atoms with E-state index in [9.17, 15) is 9.90 Å². The second-order valence-electron chi connectivity index (χ2n) is 18.0. The molecule has 2 fully saturated rings. The van der Waals surface area contributed by atoms with E-state index in [1.54, 1.807) is 13.2 Å². The molecule has 1 saturated heterocycles. The molecule has 2 bridgehead atoms. The molecular weight excluding hydrogens is 745 g/mol. The number of anilines is 1. The number of methoxy groups -OCH3 is 2. The predicted octanol–water partition coefficient (Wildman–Crippen LogP) is 5.83. The van der Waals surface area contributed by atoms with Gasteiger partial charge >= 0.3 is 11.9 Å². The fraction of sp³-hybridized carbons (Fsp3) is 0.542. The number of aliphatic hydroxyl groups is 1. The van der Waals surface area contributed by atoms with Crippen molar-refractivity contribution in [1.82, 2.24) is 14.8 Å². The molecule has 1 saturated carbocycles. The van der Waals surface area contributed by atoms with E-state index in [0.29, 0.717) is 18.6 Å². The second kappa shape index (κ2) is 14.6. The van der Waals surface area contributed by atoms with Gasteiger partial charge in [-0.25, -0.2) is 0 Å². The van der Waals surface area contributed by atoms with Crippen molar-refractivity contribution in [2.24, 2.45) is 11.3 Å². The van der Waals surface area contributed by atoms with Crippen molar-refractivity contribution in [1.29, 1.82) is 0 Å². The van der Waals surface area contributed by atoms with Crippen LogP contribution in [0.1, 0.15) is 68.8 Å². The first-order chi connectivity index (χ1) is 28.5. The van der Waals surface area contributed by atoms with Crippen LogP contribution in [0.5, 0.6) is 5.75 Å². The number of likely N-dealkylation sites (N-methyl/N-ethyl adjacent to an activating group) is 1. The Labute approximate surface area is 348 Å². The van der Waals surface area contributed by atoms with Crippen LogP contribution in [0.2, 0.25) is 0 Å². The maximum absolute atomic E-state index is 15.3. The summed E-state index contributed by atoms with van der Waals surface area (Å²) >= 11 is 0. The van der Waals surface area contributed by atoms with Gasteiger partial charge in [0.05, 0.1) is 33.5 Å². The molecule has 59 heavy (non-hydrogen) atoms. The van der Waals surface area contributed by atoms with Gasteiger partial charge in [0.25, 0.3) is 0 Å². The normalized spacial score (nSPS) is 34.4. The topological polar surface area (TPSA) is 117 Å². The van der Waals surface area contributed by atoms with E-state index in [0.717, 1.165) is 91.0 Å². The number of aromatic nitrogens is 1. The van der Waals surface area contributed by atoms with E-state index in [-0.39, 0.29) is 31.1 Å². The van der Waals surface area contributed by atoms with E-state index in [1.807, 2.05) is 13.1 Å². The number of hydrogen-bond acceptors (Lipinski definition) is 10. The predicted molar refractivity (Wildman–Crippen MR) is 228 cm³/mol. The minimum atomic E-state index is -1.64. The van der Waals surface area contributed by atoms with E-state index >= 15 is 4.79 Å². The lowest BCUT2D eigenvalue weighted by molar-refractivity contribution is -0.232. The van der Waals surface area contributed by atoms with Gasteiger partial charge in [0.15, 0.2) is 0 Å². The molecule has 9 atom stereocenters. The van der Waals surface area contributed by atoms with Gasteiger partial charge in [-0.15, -0.1) is 6.58 Å². The van der Waals surface area contributed by atoms with E-state index in [1.165, 1.54) is 19.6 Å². The Kier molecular flexibility index (Phi) is 9.93. The highest BCUT2D eigenvalue weighted by atomic mass is 16.6. The fourth-order valence-corrected chi connectivity index (χ4v) is 13.3. The molecule has 1 spiro atoms. The van der Waals surface area contributed by atoms with Crippen molar-refractivity contribution in [2.75, 3.05) is 72.1 Å². The number of H-pyrrole nitrogens is 1. The van der Waals surface area contributed by atoms with Crippen molar-refractivity contribution < 1.29 is 33.6 Å². The number of benzene rings is 2. The number of para-hydroxylation sites is 1. The number of ether oxygens (including phenoxy) is 4. The average molecular weight is 805 g/mol. The molecule has 3 aromatic rings. The molecule has 1 aromatic heterocycles. The average Bonchev–Trinajstić information content (AvgIpc) is 3.90. The zero-order valence-corrected chi connectivity index (χ0v) is 35.5. The number of rotatable bonds is 10. The Morgan fingerprint density at radius 1 is 1.10 bits per heavy atom. The minimum absolute atomic E-state index is 0.0613. The number of esters is 2. The molecule has 0 amide bonds. The molecule has 11 heteroatoms. The monoisotopic (exact) mass is 804 g/mol. The van der Waals surface area contributed by atoms with Gasteiger partial charge in [0, 0.05) is 90.9 Å². The van der Waals surface area contributed by atoms with Gasteiger partial charge in [-0.1, -0.05) is 61.9 Å². The van der Waals surface area contributed by atoms with Crippen LogP contribution in [0.25, 0.3) is 10.9 Å². The van der Waals surface area contributed by atoms with Crippen molar-refractivity contribution in [3.8, 4) is 5.75 Å². The number of nitrogens with zero attached hydrogens (tertiary/aromatic N) is 3. The smallest absolute Gasteiger partial charge is 0.322 e. The second-order valence-corrected chi connectivity index (χ2v) is 18.0. The first-order valence-corrected chi connectivity index (χ1v) is 21.5. The number of fused-ring (bicyclic) bond motifs is 6. The third-order valence-electron chi connectivity index (χ3n) is 15.2. The van der Waals surface area contributed by atoms with Crippen molar-refractivity contribution in [3.05, 3.63) is 95.2 Å². The molecule has 0 radical (unpaired) electrons. The molecule has 2 N–H and O–H groups in total. The highest BCUT2D eigenvalue weighted by molar-refractivity contribution is 5.94. The number of carbonyl (C=O) groups is 2. The Bertz CT molecular complexity index is 2250. The lowest BCUT2D eigenvalue weighted by Gasteiger charge is -2.64. The lowest BCUT2D eigenvalue weighted by atomic mass is 9.47. The molecule has 1 unspecified atom stereocenters. The van der Waals surface area contributed by atoms with Gasteiger partial charge in [-0.3, -0.25) is 19.4 Å². The summed E-state index contributed by atoms with van der Waals surface area (Å²) in [6, 6.07) is 12.0. The molecule has 314 valence electrons. The molecule has 1 aliphatic carbocycles. The van der Waals surface area contributed by atoms with Crippen LogP contribution in [0.15, 0.2) is 72.9 Å². The van der Waals surface area contributed by atoms with E-state index < -0.39 is 40.0 Å². The van der Waals surface area contributed by atoms with Gasteiger partial charge in [0.2, 0.25) is 0 Å². The molecule has 5 aliphatic heterocycles. The molecule has 2 aromatic carbocycles. The number of carbonyl (C=O) groups excluding carboxylic acids is 2. The lowest BCUT2D eigenvalue weighted by Crippen LogP contribution is -2.80. The van der Waals surface area contributed by atoms with E-state index in [2.05, 4.69) is 88.7 Å². The zero-order valence-electron chi connectivity index (χ0n) is 35.5. The largest absolute Gasteiger partial charge is 0.496 e. The summed E-state index contributed by atoms with van der Waals surface area (Å²) in [4.78, 5) is 39.5. The summed E-state index contributed by atoms with van der Waals surface area (Å²) in [5, 5.41) is 14.7. The van der Waals surface area contributed by atoms with Crippen LogP contribution in [-0.4, -0.2) is 123 Å². The maximum Gasteiger partial charge on any atom is 0.322 e. The zero-order chi connectivity index (χ0) is 41.5. The number of nitrogens with one attached hydrogen (secondary N) is 1. The molecule has 6 heterocycles. The Morgan fingerprint density at radius 2 is 1.92 bits per heavy atom. The summed E-state index contributed by atoms with van der Waals surface area (Å²) in [6.07, 6.45) is 11.1. The van der Waals surface area contributed by atoms with Crippen LogP contribution >= 0.6 is 0 Å². The standard InChI is InChI=1S/C48H60N4O7/c1-8-22-58-29-48(55)42-46(18-21-52-19-13-17-45(10-3,41(46)52)43(48)59-30(4)53)35-24-36(39(56-6)25-38(35)50(42)5)47(44(54)57-7)26-32-23-31(9-2)27-51(28-32)20-16-34-33-14-11-12-15-37(33)49-40(34)47/h8,11-15,17,23-25,32,41-43,49,55H,1,9-10,16,18-22,26-29H2,2-7H3/t32-,41-,42+,43+,45+,46+,47-,48-/m0/s1. The molecule has 6 aliphatic rings. The quantitative estimate of drug-likeness (QED) is 0.148. The van der Waals surface area contributed by atoms with Crippen LogP contribution in [-0.2, 0) is 41.1 Å². The fourth-order valence-electron chi connectivity index (χ4n) is 13.3. The third kappa shape index (κ3) is 5.53. The first-order valence-electron chi connectivity index (χ1n) is 21.5. The highest BCUT2D eigenvalue weighted by Crippen LogP contribution is 2.68. The maximum atomic E-state index is 15.3. The van der Waals surface area contributed by atoms with Gasteiger partial charge in [-0.2, -0.15) is 0 Å². The molecule has 9 rings (SSSR count). The third-order valence-corrected chi connectivity index (χ3v) is 15.2. The molecule has 11 nitrogen and oxygen atoms in total. The van der Waals surface area contributed by atoms with Crippen molar-refractivity contribution >= 4 is 28.5 Å². The van der Waals surface area contributed by atoms with Crippen LogP contribution in [0.3, 0.4) is 0 Å². The van der Waals surface area contributed by atoms with Gasteiger partial charge in [0.1, 0.15) is 22.9 Å². The van der Waals surface area contributed by atoms with Gasteiger partial charge < -0.3 is 33.9 Å². The Hall–Kier alpha value is -4.42. The Balaban J connectivity index is 1.35. The van der Waals surface area contributed by atoms with Crippen LogP contribution in [0.4, 0.5) is 5.69 Å². The van der Waals surface area contributed by atoms with Gasteiger partial charge in [-0.05, 0) is 67.8 Å². The molecular formula is C48H60N4O7. The van der Waals surface area contributed by atoms with E-state index in [4.69, 9.17) is 18.9 Å². The summed E-state index contributed by atoms with van der Waals surface area (Å²) in [6.45, 7) is 14.0.